The first-order valence-electron chi connectivity index (χ1n) is 13.0. The van der Waals surface area contributed by atoms with Crippen molar-refractivity contribution in [3.05, 3.63) is 64.4 Å². The molecule has 35 heavy (non-hydrogen) atoms. The van der Waals surface area contributed by atoms with Gasteiger partial charge in [0, 0.05) is 24.3 Å². The van der Waals surface area contributed by atoms with E-state index < -0.39 is 23.2 Å². The molecule has 1 saturated heterocycles. The number of hydrogen-bond donors (Lipinski definition) is 3. The summed E-state index contributed by atoms with van der Waals surface area (Å²) in [7, 11) is 0. The van der Waals surface area contributed by atoms with Crippen LogP contribution in [0.15, 0.2) is 42.5 Å². The maximum atomic E-state index is 14.3. The molecule has 5 aliphatic rings. The zero-order chi connectivity index (χ0) is 24.0. The van der Waals surface area contributed by atoms with Gasteiger partial charge in [-0.3, -0.25) is 4.79 Å². The highest BCUT2D eigenvalue weighted by atomic mass is 16.6. The first kappa shape index (κ1) is 21.7. The van der Waals surface area contributed by atoms with E-state index in [4.69, 9.17) is 4.74 Å². The topological polar surface area (TPSA) is 102 Å². The van der Waals surface area contributed by atoms with Crippen molar-refractivity contribution >= 4 is 5.91 Å². The first-order chi connectivity index (χ1) is 16.8. The number of nitrogens with zero attached hydrogens (tertiary/aromatic N) is 1. The van der Waals surface area contributed by atoms with E-state index >= 15 is 0 Å². The van der Waals surface area contributed by atoms with Crippen LogP contribution in [0.25, 0.3) is 0 Å². The van der Waals surface area contributed by atoms with Crippen molar-refractivity contribution < 1.29 is 24.4 Å². The molecular formula is C28H32N2O5. The van der Waals surface area contributed by atoms with E-state index in [2.05, 4.69) is 5.32 Å². The van der Waals surface area contributed by atoms with Crippen LogP contribution in [-0.4, -0.2) is 57.6 Å². The number of hydrogen-bond acceptors (Lipinski definition) is 5. The molecular weight excluding hydrogens is 444 g/mol. The van der Waals surface area contributed by atoms with Gasteiger partial charge in [-0.2, -0.15) is 0 Å². The van der Waals surface area contributed by atoms with Gasteiger partial charge in [0.2, 0.25) is 5.91 Å². The molecule has 2 saturated carbocycles. The molecule has 7 rings (SSSR count). The largest absolute Gasteiger partial charge is 0.632 e. The summed E-state index contributed by atoms with van der Waals surface area (Å²) in [6.07, 6.45) is 3.94. The van der Waals surface area contributed by atoms with Gasteiger partial charge in [0.15, 0.2) is 11.5 Å². The molecule has 2 aromatic carbocycles. The number of amides is 1. The lowest BCUT2D eigenvalue weighted by Gasteiger charge is -2.68. The van der Waals surface area contributed by atoms with E-state index in [0.29, 0.717) is 50.4 Å². The average Bonchev–Trinajstić information content (AvgIpc) is 3.56. The van der Waals surface area contributed by atoms with Crippen LogP contribution in [0.4, 0.5) is 0 Å². The second-order valence-corrected chi connectivity index (χ2v) is 11.5. The zero-order valence-corrected chi connectivity index (χ0v) is 19.8. The van der Waals surface area contributed by atoms with E-state index in [1.54, 1.807) is 6.07 Å². The Morgan fingerprint density at radius 1 is 1.14 bits per heavy atom. The minimum Gasteiger partial charge on any atom is -0.632 e. The fourth-order valence-electron chi connectivity index (χ4n) is 7.94. The van der Waals surface area contributed by atoms with Crippen molar-refractivity contribution in [2.24, 2.45) is 5.92 Å². The highest BCUT2D eigenvalue weighted by molar-refractivity contribution is 5.79. The summed E-state index contributed by atoms with van der Waals surface area (Å²) in [5, 5.41) is 40.6. The molecule has 3 N–H and O–H groups in total. The van der Waals surface area contributed by atoms with Crippen molar-refractivity contribution in [1.82, 2.24) is 5.32 Å². The number of benzene rings is 2. The number of aromatic hydroxyl groups is 1. The highest BCUT2D eigenvalue weighted by Gasteiger charge is 2.76. The van der Waals surface area contributed by atoms with Gasteiger partial charge in [-0.15, -0.1) is 0 Å². The number of hydroxylamine groups is 3. The molecule has 1 amide bonds. The minimum atomic E-state index is -1.22. The lowest BCUT2D eigenvalue weighted by Crippen LogP contribution is -2.81. The number of rotatable bonds is 5. The van der Waals surface area contributed by atoms with Crippen LogP contribution in [0.3, 0.4) is 0 Å². The van der Waals surface area contributed by atoms with E-state index in [9.17, 15) is 20.2 Å². The molecule has 2 heterocycles. The molecule has 3 aliphatic carbocycles. The standard InChI is InChI=1S/C28H32N2O5/c31-21-9-8-19-15-22-28(33)11-10-20(29-23(32)14-17-4-2-1-3-5-17)26-27(28,24(19)25(21)35-26)12-13-30(22,34)16-18-6-7-18/h1-5,8-9,18,20,22,26,31,33H,6-7,10-16H2,(H,29,32)/t20-,22-,26+,27+,28-,30?/m1/s1. The van der Waals surface area contributed by atoms with Gasteiger partial charge in [0.1, 0.15) is 17.7 Å². The van der Waals surface area contributed by atoms with Gasteiger partial charge < -0.3 is 30.1 Å². The summed E-state index contributed by atoms with van der Waals surface area (Å²) in [6.45, 7) is 1.01. The number of aliphatic hydroxyl groups is 1. The summed E-state index contributed by atoms with van der Waals surface area (Å²) in [5.74, 6) is 0.875. The number of phenols is 1. The maximum Gasteiger partial charge on any atom is 0.224 e. The maximum absolute atomic E-state index is 14.3. The number of likely N-dealkylation sites (tertiary alicyclic amines) is 1. The van der Waals surface area contributed by atoms with Crippen LogP contribution < -0.4 is 10.1 Å². The molecule has 0 radical (unpaired) electrons. The van der Waals surface area contributed by atoms with Crippen LogP contribution in [0.1, 0.15) is 48.8 Å². The normalized spacial score (nSPS) is 38.4. The fraction of sp³-hybridized carbons (Fsp3) is 0.536. The monoisotopic (exact) mass is 476 g/mol. The van der Waals surface area contributed by atoms with Crippen molar-refractivity contribution in [3.8, 4) is 11.5 Å². The summed E-state index contributed by atoms with van der Waals surface area (Å²) in [4.78, 5) is 13.0. The Labute approximate surface area is 204 Å². The van der Waals surface area contributed by atoms with Gasteiger partial charge in [-0.1, -0.05) is 36.4 Å². The minimum absolute atomic E-state index is 0.0640. The molecule has 7 heteroatoms. The van der Waals surface area contributed by atoms with Gasteiger partial charge in [0.05, 0.1) is 31.0 Å². The number of nitrogens with one attached hydrogen (secondary N) is 1. The summed E-state index contributed by atoms with van der Waals surface area (Å²) in [5.41, 5.74) is 0.799. The predicted molar refractivity (Wildman–Crippen MR) is 129 cm³/mol. The van der Waals surface area contributed by atoms with Gasteiger partial charge in [-0.25, -0.2) is 0 Å². The molecule has 184 valence electrons. The lowest BCUT2D eigenvalue weighted by molar-refractivity contribution is -0.924. The average molecular weight is 477 g/mol. The molecule has 1 spiro atoms. The number of carbonyl (C=O) groups excluding carboxylic acids is 1. The smallest absolute Gasteiger partial charge is 0.224 e. The fourth-order valence-corrected chi connectivity index (χ4v) is 7.94. The Balaban J connectivity index is 1.27. The third kappa shape index (κ3) is 2.92. The van der Waals surface area contributed by atoms with E-state index in [1.807, 2.05) is 36.4 Å². The molecule has 2 aliphatic heterocycles. The summed E-state index contributed by atoms with van der Waals surface area (Å²) in [6, 6.07) is 12.4. The van der Waals surface area contributed by atoms with Crippen LogP contribution in [-0.2, 0) is 23.1 Å². The predicted octanol–water partition coefficient (Wildman–Crippen LogP) is 2.70. The molecule has 3 fully saturated rings. The lowest BCUT2D eigenvalue weighted by atomic mass is 9.48. The number of piperidine rings is 1. The molecule has 2 aromatic rings. The van der Waals surface area contributed by atoms with Crippen LogP contribution in [0, 0.1) is 11.1 Å². The molecule has 1 unspecified atom stereocenters. The van der Waals surface area contributed by atoms with Crippen molar-refractivity contribution in [3.63, 3.8) is 0 Å². The quantitative estimate of drug-likeness (QED) is 0.455. The SMILES string of the molecule is O=C(Cc1ccccc1)N[C@@H]1CC[C@@]2(O)[C@H]3Cc4ccc(O)c5c4[C@@]2(CC[N+]3([O-])CC2CC2)[C@H]1O5. The molecule has 0 aromatic heterocycles. The molecule has 2 bridgehead atoms. The Kier molecular flexibility index (Phi) is 4.46. The Morgan fingerprint density at radius 3 is 2.71 bits per heavy atom. The van der Waals surface area contributed by atoms with Crippen molar-refractivity contribution in [2.75, 3.05) is 13.1 Å². The number of ether oxygens (including phenoxy) is 1. The first-order valence-corrected chi connectivity index (χ1v) is 13.0. The van der Waals surface area contributed by atoms with Crippen LogP contribution >= 0.6 is 0 Å². The highest BCUT2D eigenvalue weighted by Crippen LogP contribution is 2.66. The van der Waals surface area contributed by atoms with Gasteiger partial charge in [-0.05, 0) is 42.9 Å². The Morgan fingerprint density at radius 2 is 1.94 bits per heavy atom. The Hall–Kier alpha value is -2.61. The second-order valence-electron chi connectivity index (χ2n) is 11.5. The van der Waals surface area contributed by atoms with E-state index in [0.717, 1.165) is 29.5 Å². The number of phenolic OH excluding ortho intramolecular Hbond substituents is 1. The second kappa shape index (κ2) is 7.21. The molecule has 6 atom stereocenters. The van der Waals surface area contributed by atoms with E-state index in [1.165, 1.54) is 0 Å². The van der Waals surface area contributed by atoms with Crippen LogP contribution in [0.2, 0.25) is 0 Å². The third-order valence-electron chi connectivity index (χ3n) is 9.61. The number of quaternary nitrogens is 1. The van der Waals surface area contributed by atoms with Crippen molar-refractivity contribution in [1.29, 1.82) is 0 Å². The number of carbonyl (C=O) groups is 1. The van der Waals surface area contributed by atoms with Gasteiger partial charge >= 0.3 is 0 Å². The summed E-state index contributed by atoms with van der Waals surface area (Å²) >= 11 is 0. The molecule has 7 nitrogen and oxygen atoms in total. The summed E-state index contributed by atoms with van der Waals surface area (Å²) < 4.78 is 6.13. The third-order valence-corrected chi connectivity index (χ3v) is 9.61. The Bertz CT molecular complexity index is 1200. The van der Waals surface area contributed by atoms with Gasteiger partial charge in [0.25, 0.3) is 0 Å². The van der Waals surface area contributed by atoms with Crippen molar-refractivity contribution in [2.45, 2.75) is 74.1 Å². The van der Waals surface area contributed by atoms with E-state index in [-0.39, 0.29) is 28.8 Å². The van der Waals surface area contributed by atoms with Crippen LogP contribution in [0.5, 0.6) is 11.5 Å². The zero-order valence-electron chi connectivity index (χ0n) is 19.8.